The lowest BCUT2D eigenvalue weighted by Crippen LogP contribution is -2.50. The van der Waals surface area contributed by atoms with Gasteiger partial charge < -0.3 is 20.3 Å². The number of nitrogen functional groups attached to an aromatic ring is 1. The molecule has 2 N–H and O–H groups in total. The van der Waals surface area contributed by atoms with E-state index in [1.165, 1.54) is 24.5 Å². The molecule has 8 rings (SSSR count). The normalized spacial score (nSPS) is 21.1. The Morgan fingerprint density at radius 3 is 2.69 bits per heavy atom. The van der Waals surface area contributed by atoms with Gasteiger partial charge in [0.2, 0.25) is 0 Å². The molecule has 3 aliphatic heterocycles. The summed E-state index contributed by atoms with van der Waals surface area (Å²) < 4.78 is 52.7. The molecule has 12 nitrogen and oxygen atoms in total. The van der Waals surface area contributed by atoms with Gasteiger partial charge in [0, 0.05) is 55.5 Å². The predicted octanol–water partition coefficient (Wildman–Crippen LogP) is 5.23. The number of ether oxygens (including phenoxy) is 1. The Morgan fingerprint density at radius 1 is 1.16 bits per heavy atom. The third-order valence-electron chi connectivity index (χ3n) is 9.71. The molecule has 0 radical (unpaired) electrons. The van der Waals surface area contributed by atoms with Crippen molar-refractivity contribution in [3.05, 3.63) is 52.8 Å². The van der Waals surface area contributed by atoms with Crippen molar-refractivity contribution >= 4 is 60.8 Å². The summed E-state index contributed by atoms with van der Waals surface area (Å²) in [4.78, 5) is 28.7. The quantitative estimate of drug-likeness (QED) is 0.258. The number of hydrogen-bond acceptors (Lipinski definition) is 11. The number of rotatable bonds is 5. The van der Waals surface area contributed by atoms with Gasteiger partial charge in [-0.1, -0.05) is 22.5 Å². The number of carbonyl (C=O) groups excluding carboxylic acids is 1. The first-order valence-electron chi connectivity index (χ1n) is 15.7. The van der Waals surface area contributed by atoms with E-state index in [1.54, 1.807) is 11.0 Å². The maximum Gasteiger partial charge on any atom is 0.362 e. The molecule has 2 aromatic carbocycles. The van der Waals surface area contributed by atoms with Gasteiger partial charge in [0.25, 0.3) is 0 Å². The molecule has 1 amide bonds. The van der Waals surface area contributed by atoms with Crippen LogP contribution in [-0.4, -0.2) is 98.4 Å². The number of benzene rings is 2. The molecule has 0 bridgehead atoms. The molecule has 3 aliphatic rings. The summed E-state index contributed by atoms with van der Waals surface area (Å²) in [6.07, 6.45) is 3.88. The lowest BCUT2D eigenvalue weighted by Gasteiger charge is -2.35. The van der Waals surface area contributed by atoms with Crippen molar-refractivity contribution < 1.29 is 22.7 Å². The number of hydrogen-bond donors (Lipinski definition) is 1. The van der Waals surface area contributed by atoms with Crippen LogP contribution < -0.4 is 15.4 Å². The number of aromatic nitrogens is 5. The summed E-state index contributed by atoms with van der Waals surface area (Å²) in [5.41, 5.74) is 5.59. The Labute approximate surface area is 286 Å². The van der Waals surface area contributed by atoms with Crippen LogP contribution >= 0.6 is 22.9 Å². The lowest BCUT2D eigenvalue weighted by atomic mass is 9.95. The fraction of sp³-hybridized carbons (Fsp3) is 0.375. The van der Waals surface area contributed by atoms with Gasteiger partial charge in [0.05, 0.1) is 33.2 Å². The smallest absolute Gasteiger partial charge is 0.362 e. The maximum absolute atomic E-state index is 17.0. The minimum Gasteiger partial charge on any atom is -0.461 e. The van der Waals surface area contributed by atoms with Crippen molar-refractivity contribution in [2.24, 2.45) is 0 Å². The van der Waals surface area contributed by atoms with Gasteiger partial charge in [-0.3, -0.25) is 4.90 Å². The Kier molecular flexibility index (Phi) is 7.73. The molecule has 0 saturated carbocycles. The van der Waals surface area contributed by atoms with E-state index in [1.807, 2.05) is 11.0 Å². The number of nitrogens with two attached hydrogens (primary N) is 1. The third kappa shape index (κ3) is 5.18. The van der Waals surface area contributed by atoms with Gasteiger partial charge in [0.15, 0.2) is 5.82 Å². The third-order valence-corrected chi connectivity index (χ3v) is 11.0. The van der Waals surface area contributed by atoms with Crippen molar-refractivity contribution in [2.45, 2.75) is 31.0 Å². The Bertz CT molecular complexity index is 2170. The second-order valence-corrected chi connectivity index (χ2v) is 13.9. The molecule has 0 unspecified atom stereocenters. The predicted molar refractivity (Wildman–Crippen MR) is 178 cm³/mol. The van der Waals surface area contributed by atoms with E-state index >= 15 is 4.39 Å². The first kappa shape index (κ1) is 31.5. The highest BCUT2D eigenvalue weighted by Gasteiger charge is 2.49. The van der Waals surface area contributed by atoms with Crippen molar-refractivity contribution in [3.8, 4) is 23.2 Å². The highest BCUT2D eigenvalue weighted by Crippen LogP contribution is 2.46. The average Bonchev–Trinajstić information content (AvgIpc) is 3.88. The van der Waals surface area contributed by atoms with E-state index in [4.69, 9.17) is 27.1 Å². The van der Waals surface area contributed by atoms with Crippen LogP contribution in [0.4, 0.5) is 28.8 Å². The largest absolute Gasteiger partial charge is 0.461 e. The number of nitriles is 1. The second-order valence-electron chi connectivity index (χ2n) is 12.5. The van der Waals surface area contributed by atoms with E-state index in [0.29, 0.717) is 50.3 Å². The zero-order valence-electron chi connectivity index (χ0n) is 25.9. The first-order chi connectivity index (χ1) is 23.7. The van der Waals surface area contributed by atoms with Crippen LogP contribution in [0.5, 0.6) is 6.01 Å². The molecule has 2 atom stereocenters. The Hall–Kier alpha value is -4.72. The summed E-state index contributed by atoms with van der Waals surface area (Å²) in [6, 6.07) is 5.63. The van der Waals surface area contributed by atoms with Crippen LogP contribution in [0.25, 0.3) is 32.1 Å². The summed E-state index contributed by atoms with van der Waals surface area (Å²) >= 11 is 7.72. The molecule has 6 heterocycles. The zero-order chi connectivity index (χ0) is 34.0. The lowest BCUT2D eigenvalue weighted by molar-refractivity contribution is 0.107. The SMILES string of the molecule is N#Cc1c(N)sc2c(F)ccc(-c3c(Cl)cc4c(N5CCN(C(=O)n6nccn6)CC5)nc(OC[C@@]56CCCN5C[C@H](F)C6)nc4c3F)c12. The first-order valence-corrected chi connectivity index (χ1v) is 16.9. The average molecular weight is 709 g/mol. The summed E-state index contributed by atoms with van der Waals surface area (Å²) in [5, 5.41) is 18.2. The molecule has 3 fully saturated rings. The second kappa shape index (κ2) is 12.0. The minimum absolute atomic E-state index is 0.0101. The van der Waals surface area contributed by atoms with Crippen molar-refractivity contribution in [3.63, 3.8) is 0 Å². The number of anilines is 2. The fourth-order valence-electron chi connectivity index (χ4n) is 7.42. The van der Waals surface area contributed by atoms with Gasteiger partial charge in [-0.05, 0) is 37.1 Å². The molecule has 252 valence electrons. The Morgan fingerprint density at radius 2 is 1.94 bits per heavy atom. The van der Waals surface area contributed by atoms with Gasteiger partial charge in [-0.15, -0.1) is 11.3 Å². The monoisotopic (exact) mass is 708 g/mol. The molecular formula is C32H28ClF3N10O2S. The number of alkyl halides is 1. The van der Waals surface area contributed by atoms with E-state index in [2.05, 4.69) is 20.1 Å². The topological polar surface area (TPSA) is 142 Å². The number of carbonyl (C=O) groups is 1. The number of piperazine rings is 1. The van der Waals surface area contributed by atoms with Crippen LogP contribution in [0.2, 0.25) is 5.02 Å². The van der Waals surface area contributed by atoms with Gasteiger partial charge in [0.1, 0.15) is 41.0 Å². The highest BCUT2D eigenvalue weighted by atomic mass is 35.5. The molecule has 5 aromatic rings. The van der Waals surface area contributed by atoms with Crippen LogP contribution in [0.1, 0.15) is 24.8 Å². The number of nitrogens with zero attached hydrogens (tertiary/aromatic N) is 9. The van der Waals surface area contributed by atoms with Crippen molar-refractivity contribution in [2.75, 3.05) is 56.5 Å². The molecule has 17 heteroatoms. The van der Waals surface area contributed by atoms with Crippen LogP contribution in [0.3, 0.4) is 0 Å². The van der Waals surface area contributed by atoms with Crippen LogP contribution in [0.15, 0.2) is 30.6 Å². The van der Waals surface area contributed by atoms with Gasteiger partial charge in [-0.25, -0.2) is 18.0 Å². The van der Waals surface area contributed by atoms with Crippen LogP contribution in [-0.2, 0) is 0 Å². The number of thiophene rings is 1. The minimum atomic E-state index is -0.966. The van der Waals surface area contributed by atoms with E-state index in [0.717, 1.165) is 35.5 Å². The number of fused-ring (bicyclic) bond motifs is 3. The molecule has 0 aliphatic carbocycles. The van der Waals surface area contributed by atoms with E-state index in [-0.39, 0.29) is 61.0 Å². The van der Waals surface area contributed by atoms with E-state index < -0.39 is 23.3 Å². The van der Waals surface area contributed by atoms with Crippen molar-refractivity contribution in [1.82, 2.24) is 34.8 Å². The van der Waals surface area contributed by atoms with Crippen LogP contribution in [0, 0.1) is 23.0 Å². The van der Waals surface area contributed by atoms with Gasteiger partial charge >= 0.3 is 12.0 Å². The Balaban J connectivity index is 1.22. The molecule has 0 spiro atoms. The standard InChI is InChI=1S/C32H28ClF3N10O2S/c33-21-12-19-26(25(36)24(21)18-2-3-22(35)27-23(18)20(14-37)28(38)49-27)41-30(48-16-32-4-1-7-45(32)15-17(34)13-32)42-29(19)43-8-10-44(11-9-43)31(47)46-39-5-6-40-46/h2-3,5-6,12,17H,1,4,7-11,13,15-16,38H2/t17-,32+/m1/s1. The molecule has 3 aromatic heterocycles. The summed E-state index contributed by atoms with van der Waals surface area (Å²) in [6.45, 7) is 2.50. The summed E-state index contributed by atoms with van der Waals surface area (Å²) in [5.74, 6) is -1.08. The summed E-state index contributed by atoms with van der Waals surface area (Å²) in [7, 11) is 0. The fourth-order valence-corrected chi connectivity index (χ4v) is 8.66. The van der Waals surface area contributed by atoms with E-state index in [9.17, 15) is 18.8 Å². The van der Waals surface area contributed by atoms with Crippen molar-refractivity contribution in [1.29, 1.82) is 5.26 Å². The molecule has 3 saturated heterocycles. The maximum atomic E-state index is 17.0. The zero-order valence-corrected chi connectivity index (χ0v) is 27.4. The molecular weight excluding hydrogens is 681 g/mol. The number of halogens is 4. The molecule has 49 heavy (non-hydrogen) atoms. The highest BCUT2D eigenvalue weighted by molar-refractivity contribution is 7.23. The number of amides is 1. The van der Waals surface area contributed by atoms with Gasteiger partial charge in [-0.2, -0.15) is 25.4 Å².